The smallest absolute Gasteiger partial charge is 0.329 e. The van der Waals surface area contributed by atoms with Gasteiger partial charge in [0.1, 0.15) is 28.2 Å². The average molecular weight is 569 g/mol. The molecule has 1 unspecified atom stereocenters. The summed E-state index contributed by atoms with van der Waals surface area (Å²) in [7, 11) is 0. The number of fused-ring (bicyclic) bond motifs is 1. The lowest BCUT2D eigenvalue weighted by Gasteiger charge is -2.16. The molecule has 2 N–H and O–H groups in total. The zero-order valence-corrected chi connectivity index (χ0v) is 19.7. The predicted molar refractivity (Wildman–Crippen MR) is 123 cm³/mol. The second-order valence-corrected chi connectivity index (χ2v) is 10.2. The number of phenolic OH excluding ortho intramolecular Hbond substituents is 1. The van der Waals surface area contributed by atoms with Gasteiger partial charge < -0.3 is 14.9 Å². The lowest BCUT2D eigenvalue weighted by atomic mass is 10.2. The summed E-state index contributed by atoms with van der Waals surface area (Å²) >= 11 is 9.41. The third-order valence-corrected chi connectivity index (χ3v) is 7.75. The number of hydrogen-bond acceptors (Lipinski definition) is 8. The molecule has 2 heterocycles. The number of halogens is 2. The first kappa shape index (κ1) is 21.1. The van der Waals surface area contributed by atoms with Crippen LogP contribution in [0.2, 0.25) is 0 Å². The maximum atomic E-state index is 11.8. The van der Waals surface area contributed by atoms with E-state index in [0.29, 0.717) is 35.8 Å². The number of ether oxygens (including phenoxy) is 1. The van der Waals surface area contributed by atoms with Crippen LogP contribution < -0.4 is 4.74 Å². The molecule has 0 fully saturated rings. The number of rotatable bonds is 5. The Morgan fingerprint density at radius 3 is 2.67 bits per heavy atom. The van der Waals surface area contributed by atoms with Crippen molar-refractivity contribution in [1.29, 1.82) is 5.26 Å². The highest BCUT2D eigenvalue weighted by molar-refractivity contribution is 9.11. The van der Waals surface area contributed by atoms with Crippen molar-refractivity contribution in [2.24, 2.45) is 4.99 Å². The Labute approximate surface area is 195 Å². The number of carboxylic acid groups (broad SMARTS) is 1. The van der Waals surface area contributed by atoms with E-state index in [9.17, 15) is 15.0 Å². The Morgan fingerprint density at radius 1 is 1.27 bits per heavy atom. The number of thioether (sulfide) groups is 1. The summed E-state index contributed by atoms with van der Waals surface area (Å²) in [6, 6.07) is 9.23. The van der Waals surface area contributed by atoms with E-state index in [2.05, 4.69) is 47.9 Å². The van der Waals surface area contributed by atoms with Crippen LogP contribution in [-0.2, 0) is 4.79 Å². The van der Waals surface area contributed by atoms with Crippen LogP contribution in [0.5, 0.6) is 11.5 Å². The molecule has 1 aliphatic rings. The SMILES string of the molecule is N#Cc1cc(Br)c(OCC2SC(c3nc4ccc(O)cc4s3)=N[C@H]2C(=O)O)c(Br)c1. The number of carboxylic acids is 1. The Hall–Kier alpha value is -2.13. The van der Waals surface area contributed by atoms with E-state index in [1.807, 2.05) is 0 Å². The standard InChI is InChI=1S/C19H11Br2N3O4S2/c20-10-3-8(6-22)4-11(21)16(10)28-7-14-15(19(26)27)24-18(30-14)17-23-12-2-1-9(25)5-13(12)29-17/h1-5,14-15,25H,7H2,(H,26,27)/t14?,15-/m1/s1. The molecule has 1 aliphatic heterocycles. The monoisotopic (exact) mass is 567 g/mol. The number of benzene rings is 2. The van der Waals surface area contributed by atoms with Crippen LogP contribution in [0.1, 0.15) is 10.6 Å². The van der Waals surface area contributed by atoms with Crippen LogP contribution in [0, 0.1) is 11.3 Å². The van der Waals surface area contributed by atoms with Crippen LogP contribution in [0.3, 0.4) is 0 Å². The number of aromatic hydroxyl groups is 1. The molecule has 152 valence electrons. The summed E-state index contributed by atoms with van der Waals surface area (Å²) in [6.45, 7) is 0.101. The fraction of sp³-hybridized carbons (Fsp3) is 0.158. The van der Waals surface area contributed by atoms with Gasteiger partial charge in [-0.25, -0.2) is 9.78 Å². The Balaban J connectivity index is 1.55. The van der Waals surface area contributed by atoms with Gasteiger partial charge in [-0.15, -0.1) is 11.3 Å². The molecule has 1 aromatic heterocycles. The molecule has 2 atom stereocenters. The van der Waals surface area contributed by atoms with Crippen LogP contribution in [0.25, 0.3) is 10.2 Å². The third-order valence-electron chi connectivity index (χ3n) is 4.20. The zero-order valence-electron chi connectivity index (χ0n) is 14.9. The first-order valence-electron chi connectivity index (χ1n) is 8.45. The summed E-state index contributed by atoms with van der Waals surface area (Å²) in [5.41, 5.74) is 1.18. The number of phenols is 1. The van der Waals surface area contributed by atoms with Crippen molar-refractivity contribution in [3.05, 3.63) is 49.8 Å². The van der Waals surface area contributed by atoms with Crippen LogP contribution >= 0.6 is 55.0 Å². The van der Waals surface area contributed by atoms with Crippen molar-refractivity contribution in [2.75, 3.05) is 6.61 Å². The number of hydrogen-bond donors (Lipinski definition) is 2. The van der Waals surface area contributed by atoms with Gasteiger partial charge in [0.15, 0.2) is 6.04 Å². The van der Waals surface area contributed by atoms with Crippen LogP contribution in [-0.4, -0.2) is 44.1 Å². The highest BCUT2D eigenvalue weighted by atomic mass is 79.9. The molecule has 0 saturated heterocycles. The fourth-order valence-electron chi connectivity index (χ4n) is 2.83. The first-order valence-corrected chi connectivity index (χ1v) is 11.7. The molecular weight excluding hydrogens is 558 g/mol. The number of carbonyl (C=O) groups is 1. The summed E-state index contributed by atoms with van der Waals surface area (Å²) in [5, 5.41) is 29.0. The van der Waals surface area contributed by atoms with Crippen molar-refractivity contribution in [1.82, 2.24) is 4.98 Å². The summed E-state index contributed by atoms with van der Waals surface area (Å²) in [5.74, 6) is -0.405. The van der Waals surface area contributed by atoms with E-state index in [1.54, 1.807) is 30.3 Å². The average Bonchev–Trinajstić information content (AvgIpc) is 3.30. The predicted octanol–water partition coefficient (Wildman–Crippen LogP) is 4.79. The van der Waals surface area contributed by atoms with Gasteiger partial charge >= 0.3 is 5.97 Å². The molecule has 11 heteroatoms. The second-order valence-electron chi connectivity index (χ2n) is 6.24. The van der Waals surface area contributed by atoms with E-state index in [4.69, 9.17) is 10.00 Å². The zero-order chi connectivity index (χ0) is 21.4. The van der Waals surface area contributed by atoms with Crippen molar-refractivity contribution in [2.45, 2.75) is 11.3 Å². The molecule has 0 aliphatic carbocycles. The molecule has 4 rings (SSSR count). The van der Waals surface area contributed by atoms with E-state index in [0.717, 1.165) is 4.70 Å². The van der Waals surface area contributed by atoms with Gasteiger partial charge in [0, 0.05) is 0 Å². The van der Waals surface area contributed by atoms with Crippen molar-refractivity contribution in [3.8, 4) is 17.6 Å². The van der Waals surface area contributed by atoms with Crippen molar-refractivity contribution in [3.63, 3.8) is 0 Å². The minimum Gasteiger partial charge on any atom is -0.508 e. The maximum Gasteiger partial charge on any atom is 0.329 e. The van der Waals surface area contributed by atoms with Gasteiger partial charge in [-0.3, -0.25) is 4.99 Å². The topological polar surface area (TPSA) is 116 Å². The Morgan fingerprint density at radius 2 is 2.00 bits per heavy atom. The summed E-state index contributed by atoms with van der Waals surface area (Å²) < 4.78 is 7.86. The normalized spacial score (nSPS) is 18.2. The molecule has 0 bridgehead atoms. The van der Waals surface area contributed by atoms with Gasteiger partial charge in [-0.1, -0.05) is 11.8 Å². The van der Waals surface area contributed by atoms with E-state index in [1.165, 1.54) is 23.1 Å². The minimum atomic E-state index is -1.04. The number of aliphatic imine (C=N–C) groups is 1. The molecule has 3 aromatic rings. The third kappa shape index (κ3) is 4.18. The molecule has 0 radical (unpaired) electrons. The molecule has 2 aromatic carbocycles. The summed E-state index contributed by atoms with van der Waals surface area (Å²) in [4.78, 5) is 20.6. The highest BCUT2D eigenvalue weighted by Gasteiger charge is 2.37. The molecule has 7 nitrogen and oxygen atoms in total. The Bertz CT molecular complexity index is 1220. The lowest BCUT2D eigenvalue weighted by molar-refractivity contribution is -0.138. The number of thiazole rings is 1. The molecule has 0 spiro atoms. The fourth-order valence-corrected chi connectivity index (χ4v) is 6.45. The van der Waals surface area contributed by atoms with Crippen LogP contribution in [0.15, 0.2) is 44.3 Å². The quantitative estimate of drug-likeness (QED) is 0.454. The summed E-state index contributed by atoms with van der Waals surface area (Å²) in [6.07, 6.45) is 0. The molecule has 30 heavy (non-hydrogen) atoms. The highest BCUT2D eigenvalue weighted by Crippen LogP contribution is 2.38. The number of aliphatic carboxylic acids is 1. The van der Waals surface area contributed by atoms with E-state index in [-0.39, 0.29) is 12.4 Å². The van der Waals surface area contributed by atoms with Gasteiger partial charge in [-0.2, -0.15) is 5.26 Å². The minimum absolute atomic E-state index is 0.101. The van der Waals surface area contributed by atoms with Gasteiger partial charge in [0.25, 0.3) is 0 Å². The maximum absolute atomic E-state index is 11.8. The molecular formula is C19H11Br2N3O4S2. The first-order chi connectivity index (χ1) is 14.4. The van der Waals surface area contributed by atoms with Crippen LogP contribution in [0.4, 0.5) is 0 Å². The lowest BCUT2D eigenvalue weighted by Crippen LogP contribution is -2.31. The largest absolute Gasteiger partial charge is 0.508 e. The van der Waals surface area contributed by atoms with Crippen molar-refractivity contribution < 1.29 is 19.7 Å². The number of nitrogens with zero attached hydrogens (tertiary/aromatic N) is 3. The number of nitriles is 1. The Kier molecular flexibility index (Phi) is 6.02. The van der Waals surface area contributed by atoms with Crippen molar-refractivity contribution >= 4 is 76.2 Å². The van der Waals surface area contributed by atoms with Gasteiger partial charge in [0.2, 0.25) is 0 Å². The number of aromatic nitrogens is 1. The van der Waals surface area contributed by atoms with E-state index >= 15 is 0 Å². The van der Waals surface area contributed by atoms with Gasteiger partial charge in [-0.05, 0) is 62.2 Å². The second kappa shape index (κ2) is 8.55. The van der Waals surface area contributed by atoms with Gasteiger partial charge in [0.05, 0.1) is 36.0 Å². The molecule has 0 saturated carbocycles. The van der Waals surface area contributed by atoms with E-state index < -0.39 is 17.3 Å². The molecule has 0 amide bonds.